The van der Waals surface area contributed by atoms with Crippen molar-refractivity contribution < 1.29 is 9.90 Å². The summed E-state index contributed by atoms with van der Waals surface area (Å²) in [6, 6.07) is 0.0738. The fraction of sp³-hybridized carbons (Fsp3) is 0.917. The second-order valence-electron chi connectivity index (χ2n) is 5.21. The van der Waals surface area contributed by atoms with Gasteiger partial charge in [-0.25, -0.2) is 0 Å². The van der Waals surface area contributed by atoms with Gasteiger partial charge in [0.15, 0.2) is 0 Å². The van der Waals surface area contributed by atoms with Crippen LogP contribution in [0.1, 0.15) is 26.2 Å². The third kappa shape index (κ3) is 2.38. The maximum absolute atomic E-state index is 12.3. The summed E-state index contributed by atoms with van der Waals surface area (Å²) in [6.07, 6.45) is 2.98. The first-order valence-corrected chi connectivity index (χ1v) is 6.34. The van der Waals surface area contributed by atoms with Crippen LogP contribution in [0.2, 0.25) is 0 Å². The van der Waals surface area contributed by atoms with Crippen molar-refractivity contribution in [3.05, 3.63) is 0 Å². The first kappa shape index (κ1) is 11.9. The minimum absolute atomic E-state index is 0.0738. The van der Waals surface area contributed by atoms with Crippen molar-refractivity contribution in [2.45, 2.75) is 32.2 Å². The van der Waals surface area contributed by atoms with Gasteiger partial charge in [0.25, 0.3) is 0 Å². The average Bonchev–Trinajstić information content (AvgIpc) is 2.76. The molecule has 0 aromatic heterocycles. The Labute approximate surface area is 97.0 Å². The summed E-state index contributed by atoms with van der Waals surface area (Å²) in [7, 11) is 0. The number of amides is 1. The summed E-state index contributed by atoms with van der Waals surface area (Å²) in [5.74, 6) is 0.948. The molecule has 0 radical (unpaired) electrons. The normalized spacial score (nSPS) is 35.4. The van der Waals surface area contributed by atoms with Crippen molar-refractivity contribution in [1.82, 2.24) is 10.2 Å². The van der Waals surface area contributed by atoms with Gasteiger partial charge in [0.1, 0.15) is 0 Å². The van der Waals surface area contributed by atoms with Crippen LogP contribution in [0.25, 0.3) is 0 Å². The molecule has 0 aromatic rings. The SMILES string of the molecule is CC1CNCC(C(=O)N2CCCC2CO)C1. The number of piperidine rings is 1. The highest BCUT2D eigenvalue weighted by Crippen LogP contribution is 2.23. The summed E-state index contributed by atoms with van der Waals surface area (Å²) in [5.41, 5.74) is 0. The maximum atomic E-state index is 12.3. The van der Waals surface area contributed by atoms with Gasteiger partial charge < -0.3 is 15.3 Å². The largest absolute Gasteiger partial charge is 0.394 e. The Hall–Kier alpha value is -0.610. The average molecular weight is 226 g/mol. The molecule has 3 unspecified atom stereocenters. The second-order valence-corrected chi connectivity index (χ2v) is 5.21. The van der Waals surface area contributed by atoms with E-state index in [1.54, 1.807) is 0 Å². The van der Waals surface area contributed by atoms with E-state index in [9.17, 15) is 9.90 Å². The van der Waals surface area contributed by atoms with Gasteiger partial charge in [0, 0.05) is 13.1 Å². The van der Waals surface area contributed by atoms with Crippen LogP contribution in [0.4, 0.5) is 0 Å². The first-order chi connectivity index (χ1) is 7.72. The third-order valence-electron chi connectivity index (χ3n) is 3.79. The summed E-state index contributed by atoms with van der Waals surface area (Å²) in [6.45, 7) is 4.95. The van der Waals surface area contributed by atoms with Crippen molar-refractivity contribution in [1.29, 1.82) is 0 Å². The molecular formula is C12H22N2O2. The van der Waals surface area contributed by atoms with Crippen LogP contribution in [0.15, 0.2) is 0 Å². The number of likely N-dealkylation sites (tertiary alicyclic amines) is 1. The van der Waals surface area contributed by atoms with Gasteiger partial charge in [-0.05, 0) is 31.7 Å². The van der Waals surface area contributed by atoms with E-state index < -0.39 is 0 Å². The number of aliphatic hydroxyl groups excluding tert-OH is 1. The molecule has 0 aliphatic carbocycles. The molecule has 0 saturated carbocycles. The fourth-order valence-corrected chi connectivity index (χ4v) is 2.89. The molecule has 16 heavy (non-hydrogen) atoms. The number of hydrogen-bond donors (Lipinski definition) is 2. The Kier molecular flexibility index (Phi) is 3.82. The molecule has 92 valence electrons. The van der Waals surface area contributed by atoms with E-state index in [0.717, 1.165) is 38.9 Å². The molecule has 3 atom stereocenters. The monoisotopic (exact) mass is 226 g/mol. The smallest absolute Gasteiger partial charge is 0.227 e. The van der Waals surface area contributed by atoms with E-state index in [-0.39, 0.29) is 24.5 Å². The van der Waals surface area contributed by atoms with Gasteiger partial charge in [-0.1, -0.05) is 6.92 Å². The molecular weight excluding hydrogens is 204 g/mol. The Balaban J connectivity index is 1.95. The topological polar surface area (TPSA) is 52.6 Å². The summed E-state index contributed by atoms with van der Waals surface area (Å²) in [5, 5.41) is 12.5. The minimum Gasteiger partial charge on any atom is -0.394 e. The number of rotatable bonds is 2. The summed E-state index contributed by atoms with van der Waals surface area (Å²) in [4.78, 5) is 14.2. The highest BCUT2D eigenvalue weighted by Gasteiger charge is 2.34. The van der Waals surface area contributed by atoms with E-state index in [0.29, 0.717) is 5.92 Å². The van der Waals surface area contributed by atoms with Crippen molar-refractivity contribution in [3.8, 4) is 0 Å². The predicted octanol–water partition coefficient (Wildman–Crippen LogP) is 0.215. The molecule has 2 rings (SSSR count). The maximum Gasteiger partial charge on any atom is 0.227 e. The number of aliphatic hydroxyl groups is 1. The van der Waals surface area contributed by atoms with Gasteiger partial charge in [-0.2, -0.15) is 0 Å². The molecule has 0 spiro atoms. The van der Waals surface area contributed by atoms with Crippen LogP contribution in [0.3, 0.4) is 0 Å². The minimum atomic E-state index is 0.0738. The lowest BCUT2D eigenvalue weighted by Gasteiger charge is -2.32. The van der Waals surface area contributed by atoms with Crippen LogP contribution < -0.4 is 5.32 Å². The summed E-state index contributed by atoms with van der Waals surface area (Å²) >= 11 is 0. The zero-order valence-electron chi connectivity index (χ0n) is 9.98. The van der Waals surface area contributed by atoms with Crippen molar-refractivity contribution in [3.63, 3.8) is 0 Å². The van der Waals surface area contributed by atoms with Gasteiger partial charge in [-0.3, -0.25) is 4.79 Å². The second kappa shape index (κ2) is 5.15. The van der Waals surface area contributed by atoms with E-state index >= 15 is 0 Å². The lowest BCUT2D eigenvalue weighted by atomic mass is 9.90. The number of nitrogens with one attached hydrogen (secondary N) is 1. The highest BCUT2D eigenvalue weighted by atomic mass is 16.3. The molecule has 2 aliphatic rings. The fourth-order valence-electron chi connectivity index (χ4n) is 2.89. The molecule has 2 saturated heterocycles. The van der Waals surface area contributed by atoms with Crippen LogP contribution in [0, 0.1) is 11.8 Å². The van der Waals surface area contributed by atoms with Crippen LogP contribution >= 0.6 is 0 Å². The standard InChI is InChI=1S/C12H22N2O2/c1-9-5-10(7-13-6-9)12(16)14-4-2-3-11(14)8-15/h9-11,13,15H,2-8H2,1H3. The number of carbonyl (C=O) groups is 1. The third-order valence-corrected chi connectivity index (χ3v) is 3.79. The van der Waals surface area contributed by atoms with Crippen molar-refractivity contribution in [2.75, 3.05) is 26.2 Å². The van der Waals surface area contributed by atoms with Crippen molar-refractivity contribution >= 4 is 5.91 Å². The van der Waals surface area contributed by atoms with Crippen LogP contribution in [0.5, 0.6) is 0 Å². The summed E-state index contributed by atoms with van der Waals surface area (Å²) < 4.78 is 0. The van der Waals surface area contributed by atoms with Gasteiger partial charge in [-0.15, -0.1) is 0 Å². The molecule has 0 aromatic carbocycles. The Morgan fingerprint density at radius 2 is 2.31 bits per heavy atom. The molecule has 2 heterocycles. The molecule has 1 amide bonds. The predicted molar refractivity (Wildman–Crippen MR) is 62.0 cm³/mol. The van der Waals surface area contributed by atoms with E-state index in [2.05, 4.69) is 12.2 Å². The lowest BCUT2D eigenvalue weighted by molar-refractivity contribution is -0.138. The zero-order chi connectivity index (χ0) is 11.5. The number of carbonyl (C=O) groups excluding carboxylic acids is 1. The highest BCUT2D eigenvalue weighted by molar-refractivity contribution is 5.79. The van der Waals surface area contributed by atoms with Crippen molar-refractivity contribution in [2.24, 2.45) is 11.8 Å². The molecule has 4 nitrogen and oxygen atoms in total. The van der Waals surface area contributed by atoms with E-state index in [1.165, 1.54) is 0 Å². The van der Waals surface area contributed by atoms with E-state index in [4.69, 9.17) is 0 Å². The molecule has 2 aliphatic heterocycles. The molecule has 4 heteroatoms. The van der Waals surface area contributed by atoms with Crippen LogP contribution in [-0.2, 0) is 4.79 Å². The van der Waals surface area contributed by atoms with Gasteiger partial charge >= 0.3 is 0 Å². The Morgan fingerprint density at radius 1 is 1.50 bits per heavy atom. The molecule has 0 bridgehead atoms. The van der Waals surface area contributed by atoms with E-state index in [1.807, 2.05) is 4.90 Å². The Morgan fingerprint density at radius 3 is 3.00 bits per heavy atom. The van der Waals surface area contributed by atoms with Gasteiger partial charge in [0.05, 0.1) is 18.6 Å². The number of hydrogen-bond acceptors (Lipinski definition) is 3. The first-order valence-electron chi connectivity index (χ1n) is 6.34. The van der Waals surface area contributed by atoms with Gasteiger partial charge in [0.2, 0.25) is 5.91 Å². The van der Waals surface area contributed by atoms with Crippen LogP contribution in [-0.4, -0.2) is 48.2 Å². The molecule has 2 N–H and O–H groups in total. The molecule has 2 fully saturated rings. The quantitative estimate of drug-likeness (QED) is 0.708. The lowest BCUT2D eigenvalue weighted by Crippen LogP contribution is -2.47. The number of nitrogens with zero attached hydrogens (tertiary/aromatic N) is 1. The zero-order valence-corrected chi connectivity index (χ0v) is 9.98. The Bertz CT molecular complexity index is 257.